The Balaban J connectivity index is 2.47. The van der Waals surface area contributed by atoms with Gasteiger partial charge < -0.3 is 8.85 Å². The highest BCUT2D eigenvalue weighted by Gasteiger charge is 2.42. The molecule has 5 heteroatoms. The van der Waals surface area contributed by atoms with Crippen molar-refractivity contribution in [1.29, 1.82) is 0 Å². The van der Waals surface area contributed by atoms with Gasteiger partial charge in [-0.15, -0.1) is 0 Å². The Bertz CT molecular complexity index is 935. The van der Waals surface area contributed by atoms with Crippen LogP contribution in [0.25, 0.3) is 12.2 Å². The van der Waals surface area contributed by atoms with E-state index in [9.17, 15) is 0 Å². The second-order valence-corrected chi connectivity index (χ2v) is 21.6. The van der Waals surface area contributed by atoms with Crippen LogP contribution in [0, 0.1) is 0 Å². The van der Waals surface area contributed by atoms with E-state index in [1.54, 1.807) is 0 Å². The first-order chi connectivity index (χ1) is 14.0. The number of hydrogen-bond donors (Lipinski definition) is 0. The maximum atomic E-state index is 6.77. The molecule has 2 rings (SSSR count). The third-order valence-corrected chi connectivity index (χ3v) is 16.1. The van der Waals surface area contributed by atoms with E-state index in [2.05, 4.69) is 126 Å². The van der Waals surface area contributed by atoms with Crippen molar-refractivity contribution in [2.24, 2.45) is 0 Å². The first-order valence-corrected chi connectivity index (χ1v) is 17.6. The molecule has 0 aliphatic heterocycles. The Labute approximate surface area is 200 Å². The summed E-state index contributed by atoms with van der Waals surface area (Å²) in [7, 11) is -4.00. The number of rotatable bonds is 6. The van der Waals surface area contributed by atoms with E-state index in [-0.39, 0.29) is 10.1 Å². The van der Waals surface area contributed by atoms with E-state index in [0.717, 1.165) is 27.1 Å². The summed E-state index contributed by atoms with van der Waals surface area (Å²) in [6.07, 6.45) is 4.26. The summed E-state index contributed by atoms with van der Waals surface area (Å²) in [6.45, 7) is 22.7. The molecule has 2 aromatic carbocycles. The molecule has 31 heavy (non-hydrogen) atoms. The van der Waals surface area contributed by atoms with Crippen LogP contribution in [0.3, 0.4) is 0 Å². The molecule has 0 aliphatic carbocycles. The molecular formula is C26H39BrO2Si2. The van der Waals surface area contributed by atoms with E-state index in [1.165, 1.54) is 0 Å². The molecule has 0 unspecified atom stereocenters. The second-order valence-electron chi connectivity index (χ2n) is 11.3. The van der Waals surface area contributed by atoms with E-state index >= 15 is 0 Å². The lowest BCUT2D eigenvalue weighted by atomic mass is 10.1. The van der Waals surface area contributed by atoms with Gasteiger partial charge in [0.2, 0.25) is 0 Å². The molecule has 2 aromatic rings. The van der Waals surface area contributed by atoms with Crippen molar-refractivity contribution in [3.8, 4) is 11.5 Å². The van der Waals surface area contributed by atoms with Gasteiger partial charge in [0, 0.05) is 4.47 Å². The third-order valence-electron chi connectivity index (χ3n) is 6.67. The number of benzene rings is 2. The molecule has 0 aromatic heterocycles. The smallest absolute Gasteiger partial charge is 0.250 e. The van der Waals surface area contributed by atoms with Crippen LogP contribution >= 0.6 is 15.9 Å². The predicted octanol–water partition coefficient (Wildman–Crippen LogP) is 9.39. The van der Waals surface area contributed by atoms with Gasteiger partial charge in [-0.2, -0.15) is 0 Å². The molecular weight excluding hydrogens is 480 g/mol. The van der Waals surface area contributed by atoms with Crippen molar-refractivity contribution in [3.05, 3.63) is 58.1 Å². The summed E-state index contributed by atoms with van der Waals surface area (Å²) in [5, 5.41) is 0.237. The minimum Gasteiger partial charge on any atom is -0.541 e. The fourth-order valence-corrected chi connectivity index (χ4v) is 4.90. The Morgan fingerprint density at radius 2 is 1.23 bits per heavy atom. The van der Waals surface area contributed by atoms with Crippen LogP contribution in [-0.4, -0.2) is 16.6 Å². The molecule has 2 nitrogen and oxygen atoms in total. The summed E-state index contributed by atoms with van der Waals surface area (Å²) in [5.74, 6) is 1.74. The molecule has 170 valence electrons. The Kier molecular flexibility index (Phi) is 7.77. The highest BCUT2D eigenvalue weighted by atomic mass is 79.9. The van der Waals surface area contributed by atoms with Crippen LogP contribution in [0.1, 0.15) is 52.7 Å². The normalized spacial score (nSPS) is 13.5. The van der Waals surface area contributed by atoms with Crippen molar-refractivity contribution in [2.75, 3.05) is 0 Å². The highest BCUT2D eigenvalue weighted by molar-refractivity contribution is 9.10. The molecule has 0 amide bonds. The average Bonchev–Trinajstić information content (AvgIpc) is 2.60. The summed E-state index contributed by atoms with van der Waals surface area (Å²) in [5.41, 5.74) is 2.25. The number of hydrogen-bond acceptors (Lipinski definition) is 2. The van der Waals surface area contributed by atoms with E-state index < -0.39 is 16.6 Å². The van der Waals surface area contributed by atoms with Gasteiger partial charge in [-0.3, -0.25) is 0 Å². The van der Waals surface area contributed by atoms with Crippen LogP contribution in [0.15, 0.2) is 46.9 Å². The first-order valence-electron chi connectivity index (χ1n) is 11.0. The molecule has 0 saturated heterocycles. The minimum atomic E-state index is -2.01. The minimum absolute atomic E-state index is 0.113. The summed E-state index contributed by atoms with van der Waals surface area (Å²) >= 11 is 3.62. The quantitative estimate of drug-likeness (QED) is 0.280. The molecule has 0 aliphatic rings. The summed E-state index contributed by atoms with van der Waals surface area (Å²) in [6, 6.07) is 14.6. The SMILES string of the molecule is CC(C)(C)[Si](C)(C)Oc1ccc(/C=C/c2ccccc2Br)cc1O[Si](C)(C)C(C)(C)C. The zero-order valence-electron chi connectivity index (χ0n) is 20.9. The van der Waals surface area contributed by atoms with Crippen molar-refractivity contribution in [2.45, 2.75) is 77.8 Å². The Hall–Kier alpha value is -1.31. The largest absolute Gasteiger partial charge is 0.541 e. The van der Waals surface area contributed by atoms with Crippen LogP contribution in [0.4, 0.5) is 0 Å². The lowest BCUT2D eigenvalue weighted by molar-refractivity contribution is 0.440. The van der Waals surface area contributed by atoms with Gasteiger partial charge >= 0.3 is 0 Å². The zero-order chi connectivity index (χ0) is 23.7. The van der Waals surface area contributed by atoms with E-state index in [4.69, 9.17) is 8.85 Å². The lowest BCUT2D eigenvalue weighted by Gasteiger charge is -2.39. The summed E-state index contributed by atoms with van der Waals surface area (Å²) < 4.78 is 14.5. The Morgan fingerprint density at radius 1 is 0.710 bits per heavy atom. The third kappa shape index (κ3) is 6.59. The zero-order valence-corrected chi connectivity index (χ0v) is 24.5. The Morgan fingerprint density at radius 3 is 1.74 bits per heavy atom. The van der Waals surface area contributed by atoms with Crippen LogP contribution in [0.5, 0.6) is 11.5 Å². The predicted molar refractivity (Wildman–Crippen MR) is 145 cm³/mol. The van der Waals surface area contributed by atoms with Gasteiger partial charge in [0.05, 0.1) is 0 Å². The van der Waals surface area contributed by atoms with Crippen molar-refractivity contribution < 1.29 is 8.85 Å². The van der Waals surface area contributed by atoms with Gasteiger partial charge in [-0.05, 0) is 65.6 Å². The van der Waals surface area contributed by atoms with E-state index in [0.29, 0.717) is 0 Å². The van der Waals surface area contributed by atoms with Gasteiger partial charge in [0.1, 0.15) is 11.5 Å². The van der Waals surface area contributed by atoms with Crippen molar-refractivity contribution in [1.82, 2.24) is 0 Å². The van der Waals surface area contributed by atoms with Gasteiger partial charge in [0.25, 0.3) is 16.6 Å². The van der Waals surface area contributed by atoms with Crippen LogP contribution < -0.4 is 8.85 Å². The topological polar surface area (TPSA) is 18.5 Å². The highest BCUT2D eigenvalue weighted by Crippen LogP contribution is 2.43. The monoisotopic (exact) mass is 518 g/mol. The van der Waals surface area contributed by atoms with Gasteiger partial charge in [0.15, 0.2) is 0 Å². The molecule has 0 spiro atoms. The molecule has 0 atom stereocenters. The standard InChI is InChI=1S/C26H39BrO2Si2/c1-25(2,3)30(7,8)28-23-18-16-20(15-17-21-13-11-12-14-22(21)27)19-24(23)29-31(9,10)26(4,5)6/h11-19H,1-10H3/b17-15+. The van der Waals surface area contributed by atoms with Gasteiger partial charge in [-0.25, -0.2) is 0 Å². The maximum Gasteiger partial charge on any atom is 0.250 e. The molecule has 0 radical (unpaired) electrons. The fourth-order valence-electron chi connectivity index (χ4n) is 2.44. The average molecular weight is 520 g/mol. The van der Waals surface area contributed by atoms with Crippen molar-refractivity contribution in [3.63, 3.8) is 0 Å². The molecule has 0 saturated carbocycles. The van der Waals surface area contributed by atoms with Crippen molar-refractivity contribution >= 4 is 44.7 Å². The van der Waals surface area contributed by atoms with Gasteiger partial charge in [-0.1, -0.05) is 93.9 Å². The second kappa shape index (κ2) is 9.28. The molecule has 0 N–H and O–H groups in total. The maximum absolute atomic E-state index is 6.77. The lowest BCUT2D eigenvalue weighted by Crippen LogP contribution is -2.45. The van der Waals surface area contributed by atoms with Crippen LogP contribution in [-0.2, 0) is 0 Å². The number of halogens is 1. The molecule has 0 heterocycles. The molecule has 0 bridgehead atoms. The molecule has 0 fully saturated rings. The van der Waals surface area contributed by atoms with Crippen LogP contribution in [0.2, 0.25) is 36.3 Å². The summed E-state index contributed by atoms with van der Waals surface area (Å²) in [4.78, 5) is 0. The fraction of sp³-hybridized carbons (Fsp3) is 0.462. The first kappa shape index (κ1) is 26.0. The van der Waals surface area contributed by atoms with E-state index in [1.807, 2.05) is 12.1 Å².